The molecule has 0 unspecified atom stereocenters. The van der Waals surface area contributed by atoms with E-state index < -0.39 is 0 Å². The van der Waals surface area contributed by atoms with E-state index >= 15 is 0 Å². The molecule has 3 aromatic rings. The van der Waals surface area contributed by atoms with Gasteiger partial charge in [0.15, 0.2) is 0 Å². The number of carbonyl (C=O) groups excluding carboxylic acids is 2. The molecule has 32 heavy (non-hydrogen) atoms. The first-order valence-electron chi connectivity index (χ1n) is 11.4. The van der Waals surface area contributed by atoms with Gasteiger partial charge in [0.2, 0.25) is 5.91 Å². The summed E-state index contributed by atoms with van der Waals surface area (Å²) in [6.45, 7) is 2.74. The predicted molar refractivity (Wildman–Crippen MR) is 125 cm³/mol. The number of aromatic nitrogens is 2. The standard InChI is InChI=1S/C26H30N4O2/c31-25(29-17-5-1-2-6-18-29)14-16-27-26(32)24-9-4-3-8-23(24)22-12-10-21(11-13-22)20-30-19-7-15-28-30/h3-4,7-13,15,19H,1-2,5-6,14,16-18,20H2,(H,27,32). The molecule has 1 fully saturated rings. The third kappa shape index (κ3) is 5.63. The molecular weight excluding hydrogens is 400 g/mol. The monoisotopic (exact) mass is 430 g/mol. The van der Waals surface area contributed by atoms with Gasteiger partial charge in [-0.15, -0.1) is 0 Å². The Hall–Kier alpha value is -3.41. The molecule has 166 valence electrons. The highest BCUT2D eigenvalue weighted by atomic mass is 16.2. The van der Waals surface area contributed by atoms with Crippen LogP contribution in [-0.2, 0) is 11.3 Å². The lowest BCUT2D eigenvalue weighted by molar-refractivity contribution is -0.131. The van der Waals surface area contributed by atoms with E-state index in [1.807, 2.05) is 58.2 Å². The van der Waals surface area contributed by atoms with Gasteiger partial charge in [0.05, 0.1) is 6.54 Å². The van der Waals surface area contributed by atoms with E-state index in [4.69, 9.17) is 0 Å². The summed E-state index contributed by atoms with van der Waals surface area (Å²) in [5.41, 5.74) is 3.64. The zero-order valence-corrected chi connectivity index (χ0v) is 18.4. The van der Waals surface area contributed by atoms with Crippen molar-refractivity contribution in [3.8, 4) is 11.1 Å². The second-order valence-electron chi connectivity index (χ2n) is 8.25. The van der Waals surface area contributed by atoms with E-state index in [0.717, 1.165) is 42.6 Å². The van der Waals surface area contributed by atoms with Crippen molar-refractivity contribution in [3.05, 3.63) is 78.1 Å². The Labute approximate surface area is 189 Å². The summed E-state index contributed by atoms with van der Waals surface area (Å²) in [6, 6.07) is 17.7. The minimum Gasteiger partial charge on any atom is -0.352 e. The Bertz CT molecular complexity index is 1020. The number of rotatable bonds is 7. The lowest BCUT2D eigenvalue weighted by Crippen LogP contribution is -2.35. The van der Waals surface area contributed by atoms with Crippen molar-refractivity contribution in [2.24, 2.45) is 0 Å². The van der Waals surface area contributed by atoms with Gasteiger partial charge in [0, 0.05) is 44.0 Å². The van der Waals surface area contributed by atoms with E-state index in [0.29, 0.717) is 25.1 Å². The van der Waals surface area contributed by atoms with Gasteiger partial charge >= 0.3 is 0 Å². The van der Waals surface area contributed by atoms with Crippen molar-refractivity contribution < 1.29 is 9.59 Å². The van der Waals surface area contributed by atoms with Crippen LogP contribution in [0.25, 0.3) is 11.1 Å². The molecule has 0 saturated carbocycles. The van der Waals surface area contributed by atoms with Gasteiger partial charge in [-0.1, -0.05) is 55.3 Å². The third-order valence-electron chi connectivity index (χ3n) is 5.92. The first-order chi connectivity index (χ1) is 15.7. The number of benzene rings is 2. The topological polar surface area (TPSA) is 67.2 Å². The van der Waals surface area contributed by atoms with Crippen LogP contribution in [-0.4, -0.2) is 46.1 Å². The van der Waals surface area contributed by atoms with Crippen LogP contribution in [0.15, 0.2) is 67.0 Å². The Morgan fingerprint density at radius 1 is 0.906 bits per heavy atom. The van der Waals surface area contributed by atoms with Gasteiger partial charge < -0.3 is 10.2 Å². The minimum atomic E-state index is -0.148. The summed E-state index contributed by atoms with van der Waals surface area (Å²) >= 11 is 0. The van der Waals surface area contributed by atoms with Crippen LogP contribution in [0.5, 0.6) is 0 Å². The summed E-state index contributed by atoms with van der Waals surface area (Å²) in [7, 11) is 0. The van der Waals surface area contributed by atoms with Crippen molar-refractivity contribution >= 4 is 11.8 Å². The first kappa shape index (κ1) is 21.8. The summed E-state index contributed by atoms with van der Waals surface area (Å²) in [6.07, 6.45) is 8.59. The predicted octanol–water partition coefficient (Wildman–Crippen LogP) is 4.12. The number of amides is 2. The van der Waals surface area contributed by atoms with Crippen molar-refractivity contribution in [1.29, 1.82) is 0 Å². The van der Waals surface area contributed by atoms with Crippen molar-refractivity contribution in [2.75, 3.05) is 19.6 Å². The molecule has 2 heterocycles. The molecule has 1 saturated heterocycles. The molecule has 6 nitrogen and oxygen atoms in total. The van der Waals surface area contributed by atoms with E-state index in [2.05, 4.69) is 22.5 Å². The van der Waals surface area contributed by atoms with Crippen molar-refractivity contribution in [2.45, 2.75) is 38.6 Å². The van der Waals surface area contributed by atoms with Gasteiger partial charge in [-0.3, -0.25) is 14.3 Å². The fraction of sp³-hybridized carbons (Fsp3) is 0.346. The molecule has 0 atom stereocenters. The third-order valence-corrected chi connectivity index (χ3v) is 5.92. The molecule has 2 aromatic carbocycles. The molecule has 1 N–H and O–H groups in total. The Kier molecular flexibility index (Phi) is 7.33. The van der Waals surface area contributed by atoms with E-state index in [1.54, 1.807) is 6.20 Å². The Morgan fingerprint density at radius 2 is 1.66 bits per heavy atom. The quantitative estimate of drug-likeness (QED) is 0.613. The van der Waals surface area contributed by atoms with Crippen molar-refractivity contribution in [1.82, 2.24) is 20.0 Å². The van der Waals surface area contributed by atoms with Gasteiger partial charge in [0.25, 0.3) is 5.91 Å². The number of likely N-dealkylation sites (tertiary alicyclic amines) is 1. The maximum absolute atomic E-state index is 12.9. The van der Waals surface area contributed by atoms with E-state index in [9.17, 15) is 9.59 Å². The highest BCUT2D eigenvalue weighted by Gasteiger charge is 2.16. The fourth-order valence-corrected chi connectivity index (χ4v) is 4.16. The molecule has 2 amide bonds. The lowest BCUT2D eigenvalue weighted by atomic mass is 9.98. The SMILES string of the molecule is O=C(NCCC(=O)N1CCCCCC1)c1ccccc1-c1ccc(Cn2cccn2)cc1. The zero-order chi connectivity index (χ0) is 22.2. The highest BCUT2D eigenvalue weighted by molar-refractivity contribution is 6.01. The lowest BCUT2D eigenvalue weighted by Gasteiger charge is -2.20. The van der Waals surface area contributed by atoms with Crippen molar-refractivity contribution in [3.63, 3.8) is 0 Å². The summed E-state index contributed by atoms with van der Waals surface area (Å²) in [5, 5.41) is 7.18. The molecule has 4 rings (SSSR count). The van der Waals surface area contributed by atoms with Crippen LogP contribution >= 0.6 is 0 Å². The molecule has 6 heteroatoms. The average molecular weight is 431 g/mol. The second kappa shape index (κ2) is 10.8. The Balaban J connectivity index is 1.37. The summed E-state index contributed by atoms with van der Waals surface area (Å²) < 4.78 is 1.88. The highest BCUT2D eigenvalue weighted by Crippen LogP contribution is 2.24. The average Bonchev–Trinajstić information content (AvgIpc) is 3.18. The van der Waals surface area contributed by atoms with Gasteiger partial charge in [-0.25, -0.2) is 0 Å². The molecule has 0 radical (unpaired) electrons. The number of nitrogens with zero attached hydrogens (tertiary/aromatic N) is 3. The van der Waals surface area contributed by atoms with E-state index in [-0.39, 0.29) is 11.8 Å². The number of hydrogen-bond donors (Lipinski definition) is 1. The Morgan fingerprint density at radius 3 is 2.38 bits per heavy atom. The maximum atomic E-state index is 12.9. The van der Waals surface area contributed by atoms with E-state index in [1.165, 1.54) is 12.8 Å². The molecule has 0 spiro atoms. The van der Waals surface area contributed by atoms with Crippen LogP contribution in [0.3, 0.4) is 0 Å². The number of carbonyl (C=O) groups is 2. The second-order valence-corrected chi connectivity index (χ2v) is 8.25. The molecule has 1 aromatic heterocycles. The van der Waals surface area contributed by atoms with Gasteiger partial charge in [-0.2, -0.15) is 5.10 Å². The summed E-state index contributed by atoms with van der Waals surface area (Å²) in [5.74, 6) is -0.0156. The summed E-state index contributed by atoms with van der Waals surface area (Å²) in [4.78, 5) is 27.3. The molecular formula is C26H30N4O2. The van der Waals surface area contributed by atoms with Gasteiger partial charge in [-0.05, 0) is 41.7 Å². The van der Waals surface area contributed by atoms with Gasteiger partial charge in [0.1, 0.15) is 0 Å². The van der Waals surface area contributed by atoms with Crippen LogP contribution in [0.1, 0.15) is 48.0 Å². The molecule has 0 aliphatic carbocycles. The number of hydrogen-bond acceptors (Lipinski definition) is 3. The number of nitrogens with one attached hydrogen (secondary N) is 1. The smallest absolute Gasteiger partial charge is 0.251 e. The largest absolute Gasteiger partial charge is 0.352 e. The fourth-order valence-electron chi connectivity index (χ4n) is 4.16. The molecule has 0 bridgehead atoms. The maximum Gasteiger partial charge on any atom is 0.251 e. The first-order valence-corrected chi connectivity index (χ1v) is 11.4. The zero-order valence-electron chi connectivity index (χ0n) is 18.4. The molecule has 1 aliphatic heterocycles. The molecule has 1 aliphatic rings. The minimum absolute atomic E-state index is 0.133. The van der Waals surface area contributed by atoms with Crippen LogP contribution in [0.2, 0.25) is 0 Å². The van der Waals surface area contributed by atoms with Crippen LogP contribution in [0, 0.1) is 0 Å². The van der Waals surface area contributed by atoms with Crippen LogP contribution in [0.4, 0.5) is 0 Å². The normalized spacial score (nSPS) is 14.1. The van der Waals surface area contributed by atoms with Crippen LogP contribution < -0.4 is 5.32 Å².